The van der Waals surface area contributed by atoms with Gasteiger partial charge in [-0.05, 0) is 33.6 Å². The van der Waals surface area contributed by atoms with Crippen LogP contribution in [0.25, 0.3) is 0 Å². The van der Waals surface area contributed by atoms with Gasteiger partial charge in [0.05, 0.1) is 5.92 Å². The van der Waals surface area contributed by atoms with Crippen LogP contribution in [0.15, 0.2) is 4.79 Å². The lowest BCUT2D eigenvalue weighted by atomic mass is 9.98. The quantitative estimate of drug-likeness (QED) is 0.741. The number of hydrogen-bond donors (Lipinski definition) is 1. The molecule has 0 bridgehead atoms. The summed E-state index contributed by atoms with van der Waals surface area (Å²) in [4.78, 5) is 27.1. The summed E-state index contributed by atoms with van der Waals surface area (Å²) < 4.78 is 6.93. The van der Waals surface area contributed by atoms with Gasteiger partial charge in [-0.1, -0.05) is 6.92 Å². The van der Waals surface area contributed by atoms with Gasteiger partial charge in [0.1, 0.15) is 0 Å². The summed E-state index contributed by atoms with van der Waals surface area (Å²) in [6.45, 7) is 8.88. The molecule has 0 saturated carbocycles. The van der Waals surface area contributed by atoms with Gasteiger partial charge in [0.15, 0.2) is 0 Å². The fourth-order valence-electron chi connectivity index (χ4n) is 2.40. The molecule has 0 saturated heterocycles. The van der Waals surface area contributed by atoms with Gasteiger partial charge in [-0.15, -0.1) is 0 Å². The highest BCUT2D eigenvalue weighted by Gasteiger charge is 2.21. The number of carbonyl (C=O) groups is 1. The summed E-state index contributed by atoms with van der Waals surface area (Å²) in [6, 6.07) is 0. The first-order chi connectivity index (χ1) is 9.90. The molecule has 1 N–H and O–H groups in total. The summed E-state index contributed by atoms with van der Waals surface area (Å²) in [5.74, 6) is -1.60. The molecule has 0 radical (unpaired) electrons. The molecule has 0 aliphatic rings. The third-order valence-electron chi connectivity index (χ3n) is 3.50. The molecule has 0 aliphatic heterocycles. The molecule has 0 aromatic carbocycles. The Hall–Kier alpha value is -1.69. The Balaban J connectivity index is 2.97. The Kier molecular flexibility index (Phi) is 6.55. The van der Waals surface area contributed by atoms with Crippen LogP contribution in [-0.4, -0.2) is 33.8 Å². The SMILES string of the molecule is CCCOCCCn1c(C)c(C(C)C(=O)O)c(C)nc1=O. The van der Waals surface area contributed by atoms with Gasteiger partial charge in [0, 0.05) is 36.7 Å². The van der Waals surface area contributed by atoms with Crippen molar-refractivity contribution in [2.75, 3.05) is 13.2 Å². The molecule has 6 nitrogen and oxygen atoms in total. The Morgan fingerprint density at radius 2 is 2.05 bits per heavy atom. The van der Waals surface area contributed by atoms with Crippen molar-refractivity contribution < 1.29 is 14.6 Å². The van der Waals surface area contributed by atoms with Crippen molar-refractivity contribution in [2.24, 2.45) is 0 Å². The van der Waals surface area contributed by atoms with Gasteiger partial charge in [-0.2, -0.15) is 4.98 Å². The van der Waals surface area contributed by atoms with Crippen LogP contribution >= 0.6 is 0 Å². The van der Waals surface area contributed by atoms with Gasteiger partial charge < -0.3 is 9.84 Å². The van der Waals surface area contributed by atoms with E-state index >= 15 is 0 Å². The summed E-state index contributed by atoms with van der Waals surface area (Å²) in [6.07, 6.45) is 1.66. The first kappa shape index (κ1) is 17.4. The average molecular weight is 296 g/mol. The summed E-state index contributed by atoms with van der Waals surface area (Å²) in [7, 11) is 0. The van der Waals surface area contributed by atoms with Gasteiger partial charge in [0.2, 0.25) is 0 Å². The molecule has 1 unspecified atom stereocenters. The van der Waals surface area contributed by atoms with Crippen LogP contribution in [0.2, 0.25) is 0 Å². The number of carboxylic acids is 1. The van der Waals surface area contributed by atoms with E-state index in [-0.39, 0.29) is 5.69 Å². The molecule has 1 aromatic rings. The molecule has 118 valence electrons. The zero-order chi connectivity index (χ0) is 16.0. The molecule has 0 spiro atoms. The lowest BCUT2D eigenvalue weighted by molar-refractivity contribution is -0.138. The second-order valence-electron chi connectivity index (χ2n) is 5.16. The number of carboxylic acid groups (broad SMARTS) is 1. The van der Waals surface area contributed by atoms with Crippen LogP contribution in [-0.2, 0) is 16.1 Å². The molecule has 1 rings (SSSR count). The highest BCUT2D eigenvalue weighted by molar-refractivity contribution is 5.76. The molecular formula is C15H24N2O4. The van der Waals surface area contributed by atoms with Crippen LogP contribution in [0.3, 0.4) is 0 Å². The van der Waals surface area contributed by atoms with Crippen LogP contribution < -0.4 is 5.69 Å². The second kappa shape index (κ2) is 7.93. The normalized spacial score (nSPS) is 12.4. The van der Waals surface area contributed by atoms with Gasteiger partial charge in [0.25, 0.3) is 0 Å². The number of aromatic nitrogens is 2. The molecule has 1 aromatic heterocycles. The third kappa shape index (κ3) is 4.39. The van der Waals surface area contributed by atoms with E-state index in [1.807, 2.05) is 6.92 Å². The Labute approximate surface area is 124 Å². The number of ether oxygens (including phenoxy) is 1. The predicted molar refractivity (Wildman–Crippen MR) is 79.7 cm³/mol. The van der Waals surface area contributed by atoms with E-state index in [0.29, 0.717) is 43.1 Å². The lowest BCUT2D eigenvalue weighted by Crippen LogP contribution is -2.29. The molecule has 0 aliphatic carbocycles. The van der Waals surface area contributed by atoms with Gasteiger partial charge >= 0.3 is 11.7 Å². The second-order valence-corrected chi connectivity index (χ2v) is 5.16. The number of hydrogen-bond acceptors (Lipinski definition) is 4. The van der Waals surface area contributed by atoms with Crippen molar-refractivity contribution in [3.8, 4) is 0 Å². The largest absolute Gasteiger partial charge is 0.481 e. The smallest absolute Gasteiger partial charge is 0.347 e. The molecule has 0 amide bonds. The summed E-state index contributed by atoms with van der Waals surface area (Å²) in [5, 5.41) is 9.18. The van der Waals surface area contributed by atoms with Crippen molar-refractivity contribution in [3.63, 3.8) is 0 Å². The number of aryl methyl sites for hydroxylation is 1. The first-order valence-corrected chi connectivity index (χ1v) is 7.28. The summed E-state index contributed by atoms with van der Waals surface area (Å²) >= 11 is 0. The van der Waals surface area contributed by atoms with E-state index in [1.54, 1.807) is 20.8 Å². The fourth-order valence-corrected chi connectivity index (χ4v) is 2.40. The Morgan fingerprint density at radius 3 is 2.62 bits per heavy atom. The van der Waals surface area contributed by atoms with E-state index in [4.69, 9.17) is 4.74 Å². The minimum atomic E-state index is -0.917. The van der Waals surface area contributed by atoms with Crippen molar-refractivity contribution in [2.45, 2.75) is 53.0 Å². The fraction of sp³-hybridized carbons (Fsp3) is 0.667. The van der Waals surface area contributed by atoms with Crippen LogP contribution in [0, 0.1) is 13.8 Å². The highest BCUT2D eigenvalue weighted by Crippen LogP contribution is 2.21. The maximum atomic E-state index is 12.0. The number of rotatable bonds is 8. The lowest BCUT2D eigenvalue weighted by Gasteiger charge is -2.18. The number of nitrogens with zero attached hydrogens (tertiary/aromatic N) is 2. The van der Waals surface area contributed by atoms with Crippen molar-refractivity contribution in [3.05, 3.63) is 27.4 Å². The standard InChI is InChI=1S/C15H24N2O4/c1-5-8-21-9-6-7-17-12(4)13(10(2)14(18)19)11(3)16-15(17)20/h10H,5-9H2,1-4H3,(H,18,19). The maximum Gasteiger partial charge on any atom is 0.347 e. The molecule has 1 atom stereocenters. The molecule has 1 heterocycles. The van der Waals surface area contributed by atoms with Crippen molar-refractivity contribution >= 4 is 5.97 Å². The molecule has 6 heteroatoms. The van der Waals surface area contributed by atoms with Crippen molar-refractivity contribution in [1.29, 1.82) is 0 Å². The first-order valence-electron chi connectivity index (χ1n) is 7.28. The van der Waals surface area contributed by atoms with Crippen LogP contribution in [0.5, 0.6) is 0 Å². The van der Waals surface area contributed by atoms with Gasteiger partial charge in [-0.25, -0.2) is 4.79 Å². The van der Waals surface area contributed by atoms with E-state index in [2.05, 4.69) is 4.98 Å². The van der Waals surface area contributed by atoms with Crippen LogP contribution in [0.4, 0.5) is 0 Å². The van der Waals surface area contributed by atoms with E-state index < -0.39 is 11.9 Å². The Morgan fingerprint density at radius 1 is 1.38 bits per heavy atom. The van der Waals surface area contributed by atoms with Gasteiger partial charge in [-0.3, -0.25) is 9.36 Å². The van der Waals surface area contributed by atoms with E-state index in [9.17, 15) is 14.7 Å². The number of aliphatic carboxylic acids is 1. The van der Waals surface area contributed by atoms with E-state index in [1.165, 1.54) is 4.57 Å². The topological polar surface area (TPSA) is 81.4 Å². The maximum absolute atomic E-state index is 12.0. The average Bonchev–Trinajstić information content (AvgIpc) is 2.41. The predicted octanol–water partition coefficient (Wildman–Crippen LogP) is 1.86. The zero-order valence-corrected chi connectivity index (χ0v) is 13.2. The zero-order valence-electron chi connectivity index (χ0n) is 13.2. The minimum Gasteiger partial charge on any atom is -0.481 e. The molecule has 0 fully saturated rings. The molecule has 21 heavy (non-hydrogen) atoms. The van der Waals surface area contributed by atoms with Crippen molar-refractivity contribution in [1.82, 2.24) is 9.55 Å². The third-order valence-corrected chi connectivity index (χ3v) is 3.50. The Bertz CT molecular complexity index is 551. The minimum absolute atomic E-state index is 0.332. The monoisotopic (exact) mass is 296 g/mol. The van der Waals surface area contributed by atoms with Crippen LogP contribution in [0.1, 0.15) is 49.6 Å². The molecular weight excluding hydrogens is 272 g/mol. The van der Waals surface area contributed by atoms with E-state index in [0.717, 1.165) is 6.42 Å². The summed E-state index contributed by atoms with van der Waals surface area (Å²) in [5.41, 5.74) is 1.46. The highest BCUT2D eigenvalue weighted by atomic mass is 16.5.